The van der Waals surface area contributed by atoms with Gasteiger partial charge in [-0.1, -0.05) is 18.2 Å². The highest BCUT2D eigenvalue weighted by molar-refractivity contribution is 6.05. The summed E-state index contributed by atoms with van der Waals surface area (Å²) in [7, 11) is 1.90. The second-order valence-electron chi connectivity index (χ2n) is 7.62. The molecule has 7 heteroatoms. The number of amides is 3. The van der Waals surface area contributed by atoms with Crippen molar-refractivity contribution in [1.82, 2.24) is 20.4 Å². The average molecular weight is 370 g/mol. The summed E-state index contributed by atoms with van der Waals surface area (Å²) in [5, 5.41) is 6.00. The molecule has 2 aliphatic heterocycles. The van der Waals surface area contributed by atoms with Crippen LogP contribution in [-0.2, 0) is 9.59 Å². The third-order valence-electron chi connectivity index (χ3n) is 5.78. The fourth-order valence-corrected chi connectivity index (χ4v) is 4.14. The number of nitrogens with one attached hydrogen (secondary N) is 2. The summed E-state index contributed by atoms with van der Waals surface area (Å²) < 4.78 is 0. The van der Waals surface area contributed by atoms with Crippen molar-refractivity contribution in [1.29, 1.82) is 0 Å². The first kappa shape index (κ1) is 18.0. The van der Waals surface area contributed by atoms with Crippen LogP contribution in [0.25, 0.3) is 0 Å². The van der Waals surface area contributed by atoms with Crippen molar-refractivity contribution in [3.63, 3.8) is 0 Å². The Morgan fingerprint density at radius 1 is 1.19 bits per heavy atom. The van der Waals surface area contributed by atoms with E-state index < -0.39 is 6.04 Å². The van der Waals surface area contributed by atoms with Crippen molar-refractivity contribution in [3.05, 3.63) is 35.4 Å². The monoisotopic (exact) mass is 370 g/mol. The largest absolute Gasteiger partial charge is 0.345 e. The van der Waals surface area contributed by atoms with Crippen LogP contribution < -0.4 is 10.6 Å². The lowest BCUT2D eigenvalue weighted by atomic mass is 10.0. The molecule has 3 aliphatic rings. The molecule has 144 valence electrons. The van der Waals surface area contributed by atoms with Gasteiger partial charge in [0.1, 0.15) is 6.04 Å². The van der Waals surface area contributed by atoms with E-state index >= 15 is 0 Å². The van der Waals surface area contributed by atoms with E-state index in [-0.39, 0.29) is 30.3 Å². The Morgan fingerprint density at radius 2 is 1.96 bits per heavy atom. The van der Waals surface area contributed by atoms with Crippen LogP contribution in [0.2, 0.25) is 0 Å². The van der Waals surface area contributed by atoms with Crippen LogP contribution in [0.15, 0.2) is 24.3 Å². The summed E-state index contributed by atoms with van der Waals surface area (Å²) in [4.78, 5) is 41.6. The Labute approximate surface area is 159 Å². The summed E-state index contributed by atoms with van der Waals surface area (Å²) in [6.07, 6.45) is 3.89. The summed E-state index contributed by atoms with van der Waals surface area (Å²) in [6.45, 7) is 1.37. The third kappa shape index (κ3) is 3.43. The number of rotatable bonds is 5. The van der Waals surface area contributed by atoms with Gasteiger partial charge in [-0.2, -0.15) is 0 Å². The lowest BCUT2D eigenvalue weighted by Gasteiger charge is -2.33. The van der Waals surface area contributed by atoms with Gasteiger partial charge in [-0.25, -0.2) is 0 Å². The molecule has 1 saturated carbocycles. The molecule has 1 aromatic carbocycles. The Kier molecular flexibility index (Phi) is 4.86. The second-order valence-corrected chi connectivity index (χ2v) is 7.62. The molecule has 0 aromatic heterocycles. The van der Waals surface area contributed by atoms with Crippen molar-refractivity contribution in [2.45, 2.75) is 43.8 Å². The molecule has 0 bridgehead atoms. The van der Waals surface area contributed by atoms with E-state index in [1.165, 1.54) is 0 Å². The predicted molar refractivity (Wildman–Crippen MR) is 100 cm³/mol. The molecule has 2 fully saturated rings. The van der Waals surface area contributed by atoms with Crippen molar-refractivity contribution >= 4 is 17.7 Å². The minimum atomic E-state index is -0.625. The third-order valence-corrected chi connectivity index (χ3v) is 5.78. The van der Waals surface area contributed by atoms with E-state index in [9.17, 15) is 14.4 Å². The van der Waals surface area contributed by atoms with Gasteiger partial charge >= 0.3 is 0 Å². The Bertz CT molecular complexity index is 761. The number of hydrogen-bond acceptors (Lipinski definition) is 4. The molecule has 2 atom stereocenters. The first-order valence-electron chi connectivity index (χ1n) is 9.74. The number of benzene rings is 1. The molecule has 27 heavy (non-hydrogen) atoms. The lowest BCUT2D eigenvalue weighted by molar-refractivity contribution is -0.135. The minimum Gasteiger partial charge on any atom is -0.345 e. The van der Waals surface area contributed by atoms with Crippen LogP contribution in [0.1, 0.15) is 47.6 Å². The van der Waals surface area contributed by atoms with Gasteiger partial charge in [0.25, 0.3) is 5.91 Å². The van der Waals surface area contributed by atoms with Crippen LogP contribution in [0, 0.1) is 0 Å². The molecule has 1 aliphatic carbocycles. The normalized spacial score (nSPS) is 24.7. The van der Waals surface area contributed by atoms with Crippen LogP contribution in [0.3, 0.4) is 0 Å². The van der Waals surface area contributed by atoms with Gasteiger partial charge in [-0.05, 0) is 44.4 Å². The molecule has 1 aromatic rings. The van der Waals surface area contributed by atoms with Crippen LogP contribution in [0.5, 0.6) is 0 Å². The summed E-state index contributed by atoms with van der Waals surface area (Å²) in [5.41, 5.74) is 1.34. The Morgan fingerprint density at radius 3 is 2.70 bits per heavy atom. The number of likely N-dealkylation sites (tertiary alicyclic amines) is 1. The van der Waals surface area contributed by atoms with Crippen LogP contribution >= 0.6 is 0 Å². The molecule has 1 saturated heterocycles. The van der Waals surface area contributed by atoms with Gasteiger partial charge < -0.3 is 20.4 Å². The predicted octanol–water partition coefficient (Wildman–Crippen LogP) is 0.673. The van der Waals surface area contributed by atoms with Gasteiger partial charge in [0.05, 0.1) is 6.54 Å². The molecule has 7 nitrogen and oxygen atoms in total. The summed E-state index contributed by atoms with van der Waals surface area (Å²) in [6, 6.07) is 7.10. The topological polar surface area (TPSA) is 81.8 Å². The molecular formula is C20H26N4O3. The first-order chi connectivity index (χ1) is 13.1. The van der Waals surface area contributed by atoms with Gasteiger partial charge in [0.15, 0.2) is 0 Å². The molecule has 0 radical (unpaired) electrons. The molecular weight excluding hydrogens is 344 g/mol. The van der Waals surface area contributed by atoms with Crippen LogP contribution in [-0.4, -0.2) is 66.3 Å². The van der Waals surface area contributed by atoms with Crippen molar-refractivity contribution in [2.24, 2.45) is 0 Å². The molecule has 2 heterocycles. The fourth-order valence-electron chi connectivity index (χ4n) is 4.14. The molecule has 2 N–H and O–H groups in total. The van der Waals surface area contributed by atoms with E-state index in [1.807, 2.05) is 25.2 Å². The number of likely N-dealkylation sites (N-methyl/N-ethyl adjacent to an activating group) is 1. The maximum absolute atomic E-state index is 12.9. The lowest BCUT2D eigenvalue weighted by Crippen LogP contribution is -2.50. The number of piperidine rings is 1. The molecule has 3 amide bonds. The molecule has 4 rings (SSSR count). The zero-order valence-electron chi connectivity index (χ0n) is 15.6. The highest BCUT2D eigenvalue weighted by Gasteiger charge is 2.47. The highest BCUT2D eigenvalue weighted by atomic mass is 16.2. The molecule has 2 unspecified atom stereocenters. The number of carbonyl (C=O) groups is 3. The summed E-state index contributed by atoms with van der Waals surface area (Å²) in [5.74, 6) is -0.415. The van der Waals surface area contributed by atoms with Gasteiger partial charge in [-0.3, -0.25) is 14.4 Å². The van der Waals surface area contributed by atoms with Crippen molar-refractivity contribution in [3.8, 4) is 0 Å². The standard InChI is InChI=1S/C20H26N4O3/c1-21-13-5-4-10-23(12-13)17(25)11-22-19(26)18-15-6-2-3-7-16(15)20(27)24(18)14-8-9-14/h2-3,6-7,13-14,18,21H,4-5,8-12H2,1H3,(H,22,26). The second kappa shape index (κ2) is 7.31. The van der Waals surface area contributed by atoms with E-state index in [1.54, 1.807) is 15.9 Å². The van der Waals surface area contributed by atoms with Crippen molar-refractivity contribution in [2.75, 3.05) is 26.7 Å². The SMILES string of the molecule is CNC1CCCN(C(=O)CNC(=O)C2c3ccccc3C(=O)N2C2CC2)C1. The highest BCUT2D eigenvalue weighted by Crippen LogP contribution is 2.41. The number of hydrogen-bond donors (Lipinski definition) is 2. The van der Waals surface area contributed by atoms with Gasteiger partial charge in [0, 0.05) is 30.7 Å². The first-order valence-corrected chi connectivity index (χ1v) is 9.74. The van der Waals surface area contributed by atoms with E-state index in [0.29, 0.717) is 18.2 Å². The number of fused-ring (bicyclic) bond motifs is 1. The fraction of sp³-hybridized carbons (Fsp3) is 0.550. The van der Waals surface area contributed by atoms with Gasteiger partial charge in [-0.15, -0.1) is 0 Å². The summed E-state index contributed by atoms with van der Waals surface area (Å²) >= 11 is 0. The Balaban J connectivity index is 1.43. The maximum Gasteiger partial charge on any atom is 0.255 e. The van der Waals surface area contributed by atoms with Crippen LogP contribution in [0.4, 0.5) is 0 Å². The Hall–Kier alpha value is -2.41. The van der Waals surface area contributed by atoms with Gasteiger partial charge in [0.2, 0.25) is 11.8 Å². The average Bonchev–Trinajstić information content (AvgIpc) is 3.50. The zero-order valence-corrected chi connectivity index (χ0v) is 15.6. The number of carbonyl (C=O) groups excluding carboxylic acids is 3. The zero-order chi connectivity index (χ0) is 19.0. The smallest absolute Gasteiger partial charge is 0.255 e. The van der Waals surface area contributed by atoms with E-state index in [4.69, 9.17) is 0 Å². The van der Waals surface area contributed by atoms with E-state index in [2.05, 4.69) is 10.6 Å². The van der Waals surface area contributed by atoms with Crippen molar-refractivity contribution < 1.29 is 14.4 Å². The minimum absolute atomic E-state index is 0.0272. The number of nitrogens with zero attached hydrogens (tertiary/aromatic N) is 2. The van der Waals surface area contributed by atoms with E-state index in [0.717, 1.165) is 37.8 Å². The maximum atomic E-state index is 12.9. The molecule has 0 spiro atoms. The quantitative estimate of drug-likeness (QED) is 0.798.